The summed E-state index contributed by atoms with van der Waals surface area (Å²) < 4.78 is 0. The van der Waals surface area contributed by atoms with Crippen LogP contribution in [0.3, 0.4) is 0 Å². The lowest BCUT2D eigenvalue weighted by atomic mass is 10.2. The minimum atomic E-state index is 0.468. The first-order valence-electron chi connectivity index (χ1n) is 8.28. The molecule has 0 amide bonds. The Labute approximate surface area is 132 Å². The van der Waals surface area contributed by atoms with Crippen molar-refractivity contribution in [1.82, 2.24) is 20.1 Å². The van der Waals surface area contributed by atoms with Gasteiger partial charge in [0.2, 0.25) is 0 Å². The van der Waals surface area contributed by atoms with E-state index in [0.29, 0.717) is 6.04 Å². The summed E-state index contributed by atoms with van der Waals surface area (Å²) in [6, 6.07) is 0.468. The molecular formula is C16H28N4S. The molecule has 21 heavy (non-hydrogen) atoms. The van der Waals surface area contributed by atoms with Crippen molar-refractivity contribution in [3.63, 3.8) is 0 Å². The summed E-state index contributed by atoms with van der Waals surface area (Å²) in [4.78, 5) is 11.5. The Morgan fingerprint density at radius 2 is 2.10 bits per heavy atom. The highest BCUT2D eigenvalue weighted by molar-refractivity contribution is 7.11. The van der Waals surface area contributed by atoms with Gasteiger partial charge in [-0.3, -0.25) is 4.90 Å². The maximum atomic E-state index is 5.09. The van der Waals surface area contributed by atoms with Crippen LogP contribution in [-0.4, -0.2) is 55.1 Å². The van der Waals surface area contributed by atoms with Gasteiger partial charge >= 0.3 is 0 Å². The number of hydrogen-bond acceptors (Lipinski definition) is 5. The summed E-state index contributed by atoms with van der Waals surface area (Å²) in [5.41, 5.74) is 1.40. The Hall–Kier alpha value is -0.490. The van der Waals surface area contributed by atoms with E-state index in [9.17, 15) is 0 Å². The second-order valence-electron chi connectivity index (χ2n) is 6.53. The topological polar surface area (TPSA) is 31.4 Å². The maximum absolute atomic E-state index is 5.09. The van der Waals surface area contributed by atoms with Crippen molar-refractivity contribution >= 4 is 11.3 Å². The molecule has 1 N–H and O–H groups in total. The van der Waals surface area contributed by atoms with Crippen LogP contribution in [0.15, 0.2) is 0 Å². The third-order valence-corrected chi connectivity index (χ3v) is 5.77. The van der Waals surface area contributed by atoms with Crippen LogP contribution in [0.4, 0.5) is 0 Å². The summed E-state index contributed by atoms with van der Waals surface area (Å²) in [6.07, 6.45) is 3.93. The maximum Gasteiger partial charge on any atom is 0.112 e. The van der Waals surface area contributed by atoms with Crippen LogP contribution in [0.2, 0.25) is 0 Å². The van der Waals surface area contributed by atoms with Gasteiger partial charge in [0, 0.05) is 23.9 Å². The van der Waals surface area contributed by atoms with Crippen molar-refractivity contribution in [1.29, 1.82) is 0 Å². The molecule has 1 aliphatic heterocycles. The van der Waals surface area contributed by atoms with E-state index in [2.05, 4.69) is 36.1 Å². The number of likely N-dealkylation sites (N-methyl/N-ethyl adjacent to an activating group) is 2. The van der Waals surface area contributed by atoms with E-state index in [4.69, 9.17) is 4.98 Å². The molecule has 1 aromatic heterocycles. The van der Waals surface area contributed by atoms with Crippen LogP contribution in [0.5, 0.6) is 0 Å². The molecule has 1 atom stereocenters. The molecule has 3 rings (SSSR count). The van der Waals surface area contributed by atoms with Crippen LogP contribution < -0.4 is 5.32 Å². The van der Waals surface area contributed by atoms with Crippen molar-refractivity contribution in [3.05, 3.63) is 15.6 Å². The standard InChI is InChI=1S/C16H28N4S/c1-4-17-10-14-15(12-6-7-12)18-16(21-14)13-11-19(2)8-5-9-20(13)3/h12-13,17H,4-11H2,1-3H3. The van der Waals surface area contributed by atoms with E-state index in [-0.39, 0.29) is 0 Å². The number of thiazole rings is 1. The Kier molecular flexibility index (Phi) is 4.94. The molecule has 4 nitrogen and oxygen atoms in total. The van der Waals surface area contributed by atoms with E-state index in [1.54, 1.807) is 0 Å². The summed E-state index contributed by atoms with van der Waals surface area (Å²) in [7, 11) is 4.49. The van der Waals surface area contributed by atoms with Gasteiger partial charge in [-0.05, 0) is 53.0 Å². The fraction of sp³-hybridized carbons (Fsp3) is 0.812. The molecule has 0 bridgehead atoms. The van der Waals surface area contributed by atoms with Crippen molar-refractivity contribution in [2.24, 2.45) is 0 Å². The molecule has 2 heterocycles. The molecule has 1 saturated heterocycles. The average Bonchev–Trinajstić information content (AvgIpc) is 3.24. The molecule has 1 aliphatic carbocycles. The van der Waals surface area contributed by atoms with Gasteiger partial charge in [-0.15, -0.1) is 11.3 Å². The second kappa shape index (κ2) is 6.73. The Balaban J connectivity index is 1.82. The summed E-state index contributed by atoms with van der Waals surface area (Å²) >= 11 is 1.95. The zero-order valence-corrected chi connectivity index (χ0v) is 14.4. The zero-order valence-electron chi connectivity index (χ0n) is 13.6. The van der Waals surface area contributed by atoms with Gasteiger partial charge in [-0.25, -0.2) is 4.98 Å². The normalized spacial score (nSPS) is 25.2. The number of nitrogens with zero attached hydrogens (tertiary/aromatic N) is 3. The molecule has 0 aromatic carbocycles. The van der Waals surface area contributed by atoms with Crippen molar-refractivity contribution in [2.45, 2.75) is 44.7 Å². The number of nitrogens with one attached hydrogen (secondary N) is 1. The molecule has 2 fully saturated rings. The van der Waals surface area contributed by atoms with E-state index >= 15 is 0 Å². The quantitative estimate of drug-likeness (QED) is 0.905. The molecule has 2 aliphatic rings. The van der Waals surface area contributed by atoms with Crippen LogP contribution in [0.25, 0.3) is 0 Å². The molecule has 0 spiro atoms. The molecule has 1 unspecified atom stereocenters. The lowest BCUT2D eigenvalue weighted by molar-refractivity contribution is 0.228. The largest absolute Gasteiger partial charge is 0.312 e. The van der Waals surface area contributed by atoms with Gasteiger partial charge in [0.15, 0.2) is 0 Å². The highest BCUT2D eigenvalue weighted by Crippen LogP contribution is 2.44. The third kappa shape index (κ3) is 3.65. The molecule has 0 radical (unpaired) electrons. The number of aromatic nitrogens is 1. The van der Waals surface area contributed by atoms with Crippen molar-refractivity contribution in [2.75, 3.05) is 40.3 Å². The van der Waals surface area contributed by atoms with Gasteiger partial charge in [-0.2, -0.15) is 0 Å². The summed E-state index contributed by atoms with van der Waals surface area (Å²) in [6.45, 7) is 7.68. The zero-order chi connectivity index (χ0) is 14.8. The van der Waals surface area contributed by atoms with E-state index < -0.39 is 0 Å². The van der Waals surface area contributed by atoms with Gasteiger partial charge in [0.05, 0.1) is 11.7 Å². The number of rotatable bonds is 5. The molecule has 118 valence electrons. The first kappa shape index (κ1) is 15.4. The van der Waals surface area contributed by atoms with E-state index in [1.807, 2.05) is 11.3 Å². The minimum absolute atomic E-state index is 0.468. The second-order valence-corrected chi connectivity index (χ2v) is 7.64. The Bertz CT molecular complexity index is 469. The predicted octanol–water partition coefficient (Wildman–Crippen LogP) is 2.44. The van der Waals surface area contributed by atoms with Crippen LogP contribution >= 0.6 is 11.3 Å². The first-order chi connectivity index (χ1) is 10.2. The van der Waals surface area contributed by atoms with Gasteiger partial charge < -0.3 is 10.2 Å². The Morgan fingerprint density at radius 3 is 2.81 bits per heavy atom. The van der Waals surface area contributed by atoms with Gasteiger partial charge in [0.1, 0.15) is 5.01 Å². The SMILES string of the molecule is CCNCc1sc(C2CN(C)CCCN2C)nc1C1CC1. The van der Waals surface area contributed by atoms with Crippen LogP contribution in [0, 0.1) is 0 Å². The molecular weight excluding hydrogens is 280 g/mol. The highest BCUT2D eigenvalue weighted by atomic mass is 32.1. The van der Waals surface area contributed by atoms with Crippen molar-refractivity contribution in [3.8, 4) is 0 Å². The van der Waals surface area contributed by atoms with Gasteiger partial charge in [-0.1, -0.05) is 6.92 Å². The van der Waals surface area contributed by atoms with E-state index in [0.717, 1.165) is 25.6 Å². The molecule has 1 saturated carbocycles. The monoisotopic (exact) mass is 308 g/mol. The van der Waals surface area contributed by atoms with Crippen molar-refractivity contribution < 1.29 is 0 Å². The van der Waals surface area contributed by atoms with Crippen LogP contribution in [0.1, 0.15) is 53.7 Å². The third-order valence-electron chi connectivity index (χ3n) is 4.60. The fourth-order valence-corrected chi connectivity index (χ4v) is 4.38. The van der Waals surface area contributed by atoms with Gasteiger partial charge in [0.25, 0.3) is 0 Å². The summed E-state index contributed by atoms with van der Waals surface area (Å²) in [5.74, 6) is 0.748. The highest BCUT2D eigenvalue weighted by Gasteiger charge is 2.32. The van der Waals surface area contributed by atoms with Crippen LogP contribution in [-0.2, 0) is 6.54 Å². The minimum Gasteiger partial charge on any atom is -0.312 e. The first-order valence-corrected chi connectivity index (χ1v) is 9.09. The fourth-order valence-electron chi connectivity index (χ4n) is 3.10. The predicted molar refractivity (Wildman–Crippen MR) is 89.0 cm³/mol. The average molecular weight is 308 g/mol. The summed E-state index contributed by atoms with van der Waals surface area (Å²) in [5, 5.41) is 4.82. The molecule has 5 heteroatoms. The van der Waals surface area contributed by atoms with E-state index in [1.165, 1.54) is 47.9 Å². The molecule has 1 aromatic rings. The smallest absolute Gasteiger partial charge is 0.112 e. The lowest BCUT2D eigenvalue weighted by Crippen LogP contribution is -2.30. The number of hydrogen-bond donors (Lipinski definition) is 1. The Morgan fingerprint density at radius 1 is 1.29 bits per heavy atom. The lowest BCUT2D eigenvalue weighted by Gasteiger charge is -2.25.